The van der Waals surface area contributed by atoms with Crippen LogP contribution in [0.2, 0.25) is 0 Å². The van der Waals surface area contributed by atoms with Gasteiger partial charge in [-0.2, -0.15) is 18.6 Å². The predicted octanol–water partition coefficient (Wildman–Crippen LogP) is 5.12. The summed E-state index contributed by atoms with van der Waals surface area (Å²) in [5.74, 6) is -0.0625. The van der Waals surface area contributed by atoms with Crippen molar-refractivity contribution in [2.75, 3.05) is 0 Å². The fraction of sp³-hybridized carbons (Fsp3) is 0.0952. The van der Waals surface area contributed by atoms with Gasteiger partial charge >= 0.3 is 0 Å². The molecule has 0 amide bonds. The maximum atomic E-state index is 10.0. The maximum absolute atomic E-state index is 10.0. The van der Waals surface area contributed by atoms with Crippen LogP contribution in [0.3, 0.4) is 0 Å². The van der Waals surface area contributed by atoms with Gasteiger partial charge in [0.1, 0.15) is 0 Å². The zero-order valence-corrected chi connectivity index (χ0v) is 16.6. The number of pyridine rings is 1. The molecule has 3 rings (SSSR count). The molecule has 25 heavy (non-hydrogen) atoms. The summed E-state index contributed by atoms with van der Waals surface area (Å²) < 4.78 is 0. The molecule has 1 heterocycles. The van der Waals surface area contributed by atoms with Gasteiger partial charge in [-0.3, -0.25) is 9.78 Å². The number of carbonyl (C=O) groups is 1. The summed E-state index contributed by atoms with van der Waals surface area (Å²) in [4.78, 5) is 14.5. The van der Waals surface area contributed by atoms with Crippen LogP contribution in [0.4, 0.5) is 0 Å². The molecule has 1 aromatic heterocycles. The van der Waals surface area contributed by atoms with Crippen molar-refractivity contribution in [3.05, 3.63) is 85.1 Å². The van der Waals surface area contributed by atoms with Crippen LogP contribution in [0, 0.1) is 6.92 Å². The molecule has 4 heteroatoms. The second kappa shape index (κ2) is 9.77. The number of hydrogen-bond acceptors (Lipinski definition) is 3. The molecular formula is C21H20IrNO2-. The van der Waals surface area contributed by atoms with Gasteiger partial charge in [0.2, 0.25) is 0 Å². The van der Waals surface area contributed by atoms with Crippen molar-refractivity contribution in [2.45, 2.75) is 13.8 Å². The van der Waals surface area contributed by atoms with E-state index >= 15 is 0 Å². The first-order valence-corrected chi connectivity index (χ1v) is 7.62. The largest absolute Gasteiger partial charge is 0.512 e. The molecule has 0 unspecified atom stereocenters. The molecule has 0 aliphatic rings. The fourth-order valence-electron chi connectivity index (χ4n) is 2.38. The van der Waals surface area contributed by atoms with Crippen LogP contribution in [0.25, 0.3) is 22.0 Å². The number of aliphatic hydroxyl groups excluding tert-OH is 1. The quantitative estimate of drug-likeness (QED) is 0.296. The van der Waals surface area contributed by atoms with Crippen LogP contribution in [0.5, 0.6) is 0 Å². The zero-order valence-electron chi connectivity index (χ0n) is 14.2. The van der Waals surface area contributed by atoms with Gasteiger partial charge in [0.25, 0.3) is 0 Å². The minimum absolute atomic E-state index is 0. The second-order valence-corrected chi connectivity index (χ2v) is 5.43. The molecule has 0 atom stereocenters. The van der Waals surface area contributed by atoms with Crippen LogP contribution < -0.4 is 0 Å². The number of carbonyl (C=O) groups excluding carboxylic acids is 1. The number of allylic oxidation sites excluding steroid dienone is 2. The summed E-state index contributed by atoms with van der Waals surface area (Å²) in [5, 5.41) is 10.7. The predicted molar refractivity (Wildman–Crippen MR) is 98.7 cm³/mol. The topological polar surface area (TPSA) is 50.2 Å². The first-order chi connectivity index (χ1) is 11.5. The number of aliphatic hydroxyl groups is 1. The number of benzene rings is 2. The normalized spacial score (nSPS) is 10.4. The van der Waals surface area contributed by atoms with E-state index in [0.717, 1.165) is 16.8 Å². The molecule has 0 fully saturated rings. The van der Waals surface area contributed by atoms with Gasteiger partial charge in [0.05, 0.1) is 5.76 Å². The molecule has 1 radical (unpaired) electrons. The molecule has 0 aliphatic carbocycles. The van der Waals surface area contributed by atoms with E-state index in [2.05, 4.69) is 30.1 Å². The third kappa shape index (κ3) is 5.86. The van der Waals surface area contributed by atoms with E-state index < -0.39 is 0 Å². The standard InChI is InChI=1S/C16H12N.C5H8O2.Ir/c1-12-6-2-4-8-14(12)16-15-9-5-3-7-13(15)10-11-17-16;1-4(6)3-5(2)7;/h2-11H,1H2;3,6H,1-2H3;/q-1;;. The molecule has 3 nitrogen and oxygen atoms in total. The van der Waals surface area contributed by atoms with E-state index in [-0.39, 0.29) is 31.6 Å². The summed E-state index contributed by atoms with van der Waals surface area (Å²) >= 11 is 0. The van der Waals surface area contributed by atoms with Gasteiger partial charge < -0.3 is 5.11 Å². The van der Waals surface area contributed by atoms with Gasteiger partial charge in [0.15, 0.2) is 5.78 Å². The average molecular weight is 511 g/mol. The molecular weight excluding hydrogens is 490 g/mol. The van der Waals surface area contributed by atoms with Gasteiger partial charge in [0, 0.05) is 38.1 Å². The van der Waals surface area contributed by atoms with Crippen molar-refractivity contribution in [3.8, 4) is 11.3 Å². The summed E-state index contributed by atoms with van der Waals surface area (Å²) in [6.07, 6.45) is 3.02. The van der Waals surface area contributed by atoms with Gasteiger partial charge in [-0.05, 0) is 30.7 Å². The molecule has 131 valence electrons. The Kier molecular flexibility index (Phi) is 8.06. The minimum Gasteiger partial charge on any atom is -0.512 e. The molecule has 0 spiro atoms. The van der Waals surface area contributed by atoms with Crippen molar-refractivity contribution in [2.24, 2.45) is 0 Å². The molecule has 0 bridgehead atoms. The molecule has 0 aliphatic heterocycles. The van der Waals surface area contributed by atoms with Crippen LogP contribution in [-0.2, 0) is 24.9 Å². The summed E-state index contributed by atoms with van der Waals surface area (Å²) in [5.41, 5.74) is 3.12. The monoisotopic (exact) mass is 511 g/mol. The molecule has 0 saturated carbocycles. The maximum Gasteiger partial charge on any atom is 0.155 e. The van der Waals surface area contributed by atoms with Crippen LogP contribution in [0.15, 0.2) is 72.6 Å². The Morgan fingerprint density at radius 1 is 1.04 bits per heavy atom. The van der Waals surface area contributed by atoms with Crippen molar-refractivity contribution < 1.29 is 30.0 Å². The summed E-state index contributed by atoms with van der Waals surface area (Å²) in [7, 11) is 0. The van der Waals surface area contributed by atoms with E-state index in [1.54, 1.807) is 0 Å². The van der Waals surface area contributed by atoms with Crippen molar-refractivity contribution in [1.82, 2.24) is 4.98 Å². The Hall–Kier alpha value is -2.42. The molecule has 0 saturated heterocycles. The number of ketones is 1. The summed E-state index contributed by atoms with van der Waals surface area (Å²) in [6, 6.07) is 18.4. The molecule has 2 aromatic carbocycles. The number of hydrogen-bond donors (Lipinski definition) is 1. The first kappa shape index (κ1) is 20.6. The number of fused-ring (bicyclic) bond motifs is 1. The average Bonchev–Trinajstić information content (AvgIpc) is 2.54. The SMILES string of the molecule is CC(=O)C=C(C)O.[CH2-]c1ccccc1-c1nccc2ccccc12.[Ir]. The van der Waals surface area contributed by atoms with E-state index in [4.69, 9.17) is 5.11 Å². The van der Waals surface area contributed by atoms with E-state index in [1.165, 1.54) is 30.7 Å². The third-order valence-electron chi connectivity index (χ3n) is 3.36. The molecule has 3 aromatic rings. The Labute approximate surface area is 161 Å². The van der Waals surface area contributed by atoms with E-state index in [0.29, 0.717) is 0 Å². The van der Waals surface area contributed by atoms with Gasteiger partial charge in [-0.15, -0.1) is 17.7 Å². The molecule has 1 N–H and O–H groups in total. The van der Waals surface area contributed by atoms with Crippen LogP contribution in [0.1, 0.15) is 19.4 Å². The first-order valence-electron chi connectivity index (χ1n) is 7.62. The van der Waals surface area contributed by atoms with Crippen molar-refractivity contribution in [1.29, 1.82) is 0 Å². The second-order valence-electron chi connectivity index (χ2n) is 5.43. The number of aromatic nitrogens is 1. The van der Waals surface area contributed by atoms with Crippen molar-refractivity contribution >= 4 is 16.6 Å². The van der Waals surface area contributed by atoms with E-state index in [9.17, 15) is 4.79 Å². The zero-order chi connectivity index (χ0) is 17.5. The van der Waals surface area contributed by atoms with Crippen LogP contribution in [-0.4, -0.2) is 15.9 Å². The van der Waals surface area contributed by atoms with Gasteiger partial charge in [-0.25, -0.2) is 0 Å². The van der Waals surface area contributed by atoms with Crippen molar-refractivity contribution in [3.63, 3.8) is 0 Å². The smallest absolute Gasteiger partial charge is 0.155 e. The van der Waals surface area contributed by atoms with Gasteiger partial charge in [-0.1, -0.05) is 30.3 Å². The Morgan fingerprint density at radius 3 is 2.28 bits per heavy atom. The Balaban J connectivity index is 0.000000339. The fourth-order valence-corrected chi connectivity index (χ4v) is 2.38. The number of rotatable bonds is 2. The Morgan fingerprint density at radius 2 is 1.68 bits per heavy atom. The van der Waals surface area contributed by atoms with E-state index in [1.807, 2.05) is 42.6 Å². The minimum atomic E-state index is -0.125. The summed E-state index contributed by atoms with van der Waals surface area (Å²) in [6.45, 7) is 6.91. The Bertz CT molecular complexity index is 878. The third-order valence-corrected chi connectivity index (χ3v) is 3.36. The van der Waals surface area contributed by atoms with Crippen LogP contribution >= 0.6 is 0 Å². The number of nitrogens with zero attached hydrogens (tertiary/aromatic N) is 1.